The Bertz CT molecular complexity index is 977. The lowest BCUT2D eigenvalue weighted by atomic mass is 10.1. The van der Waals surface area contributed by atoms with E-state index in [1.165, 1.54) is 10.6 Å². The summed E-state index contributed by atoms with van der Waals surface area (Å²) in [6.07, 6.45) is 0.328. The van der Waals surface area contributed by atoms with Gasteiger partial charge in [0.2, 0.25) is 5.91 Å². The highest BCUT2D eigenvalue weighted by atomic mass is 19.1. The highest BCUT2D eigenvalue weighted by Crippen LogP contribution is 2.21. The predicted octanol–water partition coefficient (Wildman–Crippen LogP) is 0.664. The second kappa shape index (κ2) is 6.40. The molecule has 0 saturated carbocycles. The summed E-state index contributed by atoms with van der Waals surface area (Å²) < 4.78 is 15.2. The first kappa shape index (κ1) is 16.1. The molecule has 2 heterocycles. The molecule has 8 heteroatoms. The van der Waals surface area contributed by atoms with E-state index in [0.29, 0.717) is 16.8 Å². The highest BCUT2D eigenvalue weighted by molar-refractivity contribution is 5.92. The van der Waals surface area contributed by atoms with Crippen LogP contribution in [0.4, 0.5) is 4.39 Å². The van der Waals surface area contributed by atoms with Crippen LogP contribution in [-0.2, 0) is 11.2 Å². The van der Waals surface area contributed by atoms with Gasteiger partial charge in [0.1, 0.15) is 5.82 Å². The molecule has 0 fully saturated rings. The fraction of sp³-hybridized carbons (Fsp3) is 0.312. The molecule has 126 valence electrons. The molecule has 0 aliphatic carbocycles. The van der Waals surface area contributed by atoms with E-state index in [2.05, 4.69) is 15.4 Å². The number of aliphatic hydroxyl groups excluding tert-OH is 1. The highest BCUT2D eigenvalue weighted by Gasteiger charge is 2.16. The number of carbonyl (C=O) groups is 1. The van der Waals surface area contributed by atoms with Gasteiger partial charge in [-0.3, -0.25) is 14.7 Å². The van der Waals surface area contributed by atoms with Gasteiger partial charge >= 0.3 is 0 Å². The molecule has 3 rings (SSSR count). The second-order valence-corrected chi connectivity index (χ2v) is 5.49. The molecule has 0 saturated heterocycles. The van der Waals surface area contributed by atoms with Gasteiger partial charge in [-0.15, -0.1) is 0 Å². The summed E-state index contributed by atoms with van der Waals surface area (Å²) in [5.41, 5.74) is 1.25. The topological polar surface area (TPSA) is 99.5 Å². The first-order valence-electron chi connectivity index (χ1n) is 7.59. The number of amides is 1. The van der Waals surface area contributed by atoms with Crippen molar-refractivity contribution in [1.29, 1.82) is 0 Å². The summed E-state index contributed by atoms with van der Waals surface area (Å²) in [7, 11) is 0. The van der Waals surface area contributed by atoms with Crippen molar-refractivity contribution in [3.8, 4) is 0 Å². The van der Waals surface area contributed by atoms with Gasteiger partial charge in [-0.1, -0.05) is 6.07 Å². The molecular weight excluding hydrogens is 315 g/mol. The fourth-order valence-corrected chi connectivity index (χ4v) is 2.71. The van der Waals surface area contributed by atoms with Crippen LogP contribution in [-0.4, -0.2) is 38.8 Å². The Morgan fingerprint density at radius 2 is 2.25 bits per heavy atom. The molecule has 2 aromatic heterocycles. The lowest BCUT2D eigenvalue weighted by Gasteiger charge is -2.06. The van der Waals surface area contributed by atoms with Crippen LogP contribution in [0.1, 0.15) is 17.7 Å². The van der Waals surface area contributed by atoms with Crippen molar-refractivity contribution in [3.05, 3.63) is 45.6 Å². The SMILES string of the molecule is Cc1nc2c3c(F)cccc3[nH]n2c(=O)c1CCC(=O)NCCO. The van der Waals surface area contributed by atoms with Crippen molar-refractivity contribution in [2.45, 2.75) is 19.8 Å². The number of aliphatic hydroxyl groups is 1. The van der Waals surface area contributed by atoms with Crippen LogP contribution < -0.4 is 10.9 Å². The predicted molar refractivity (Wildman–Crippen MR) is 86.4 cm³/mol. The van der Waals surface area contributed by atoms with Crippen LogP contribution in [0.15, 0.2) is 23.0 Å². The minimum Gasteiger partial charge on any atom is -0.395 e. The summed E-state index contributed by atoms with van der Waals surface area (Å²) in [6, 6.07) is 4.54. The van der Waals surface area contributed by atoms with E-state index in [1.54, 1.807) is 19.1 Å². The molecule has 1 aromatic carbocycles. The van der Waals surface area contributed by atoms with Crippen LogP contribution in [0.25, 0.3) is 16.6 Å². The number of benzene rings is 1. The molecule has 0 atom stereocenters. The van der Waals surface area contributed by atoms with Crippen molar-refractivity contribution >= 4 is 22.5 Å². The normalized spacial score (nSPS) is 11.3. The molecule has 0 bridgehead atoms. The quantitative estimate of drug-likeness (QED) is 0.639. The van der Waals surface area contributed by atoms with Gasteiger partial charge in [-0.2, -0.15) is 0 Å². The molecule has 0 spiro atoms. The Hall–Kier alpha value is -2.74. The van der Waals surface area contributed by atoms with Crippen LogP contribution in [0.5, 0.6) is 0 Å². The third kappa shape index (κ3) is 2.76. The summed E-state index contributed by atoms with van der Waals surface area (Å²) >= 11 is 0. The van der Waals surface area contributed by atoms with Crippen LogP contribution in [0, 0.1) is 12.7 Å². The van der Waals surface area contributed by atoms with Gasteiger partial charge in [-0.25, -0.2) is 13.9 Å². The summed E-state index contributed by atoms with van der Waals surface area (Å²) in [5, 5.41) is 14.3. The third-order valence-electron chi connectivity index (χ3n) is 3.89. The van der Waals surface area contributed by atoms with Crippen molar-refractivity contribution < 1.29 is 14.3 Å². The molecule has 3 N–H and O–H groups in total. The minimum absolute atomic E-state index is 0.110. The zero-order valence-corrected chi connectivity index (χ0v) is 13.1. The number of rotatable bonds is 5. The zero-order chi connectivity index (χ0) is 17.3. The van der Waals surface area contributed by atoms with Gasteiger partial charge in [0.25, 0.3) is 5.56 Å². The Morgan fingerprint density at radius 3 is 3.00 bits per heavy atom. The molecular formula is C16H17FN4O3. The number of nitrogens with one attached hydrogen (secondary N) is 2. The Morgan fingerprint density at radius 1 is 1.46 bits per heavy atom. The first-order chi connectivity index (χ1) is 11.5. The molecule has 0 unspecified atom stereocenters. The molecule has 24 heavy (non-hydrogen) atoms. The van der Waals surface area contributed by atoms with Crippen LogP contribution in [0.3, 0.4) is 0 Å². The molecule has 0 radical (unpaired) electrons. The van der Waals surface area contributed by atoms with Crippen LogP contribution in [0.2, 0.25) is 0 Å². The Balaban J connectivity index is 2.01. The van der Waals surface area contributed by atoms with Gasteiger partial charge in [0.05, 0.1) is 17.5 Å². The Labute approximate surface area is 136 Å². The average molecular weight is 332 g/mol. The number of aryl methyl sites for hydroxylation is 1. The number of halogens is 1. The lowest BCUT2D eigenvalue weighted by molar-refractivity contribution is -0.121. The average Bonchev–Trinajstić information content (AvgIpc) is 2.92. The number of hydrogen-bond acceptors (Lipinski definition) is 4. The maximum atomic E-state index is 14.0. The van der Waals surface area contributed by atoms with Crippen molar-refractivity contribution in [1.82, 2.24) is 19.9 Å². The second-order valence-electron chi connectivity index (χ2n) is 5.49. The van der Waals surface area contributed by atoms with E-state index in [4.69, 9.17) is 5.11 Å². The number of aromatic amines is 1. The molecule has 7 nitrogen and oxygen atoms in total. The standard InChI is InChI=1S/C16H17FN4O3/c1-9-10(5-6-13(23)18-7-8-22)16(24)21-15(19-9)14-11(17)3-2-4-12(14)20-21/h2-4,20,22H,5-8H2,1H3,(H,18,23). The first-order valence-corrected chi connectivity index (χ1v) is 7.59. The lowest BCUT2D eigenvalue weighted by Crippen LogP contribution is -2.28. The molecule has 1 amide bonds. The molecule has 0 aliphatic heterocycles. The number of nitrogens with zero attached hydrogens (tertiary/aromatic N) is 2. The van der Waals surface area contributed by atoms with E-state index >= 15 is 0 Å². The third-order valence-corrected chi connectivity index (χ3v) is 3.89. The zero-order valence-electron chi connectivity index (χ0n) is 13.1. The monoisotopic (exact) mass is 332 g/mol. The fourth-order valence-electron chi connectivity index (χ4n) is 2.71. The number of fused-ring (bicyclic) bond motifs is 3. The summed E-state index contributed by atoms with van der Waals surface area (Å²) in [4.78, 5) is 28.6. The summed E-state index contributed by atoms with van der Waals surface area (Å²) in [6.45, 7) is 1.71. The van der Waals surface area contributed by atoms with Gasteiger partial charge in [-0.05, 0) is 25.5 Å². The van der Waals surface area contributed by atoms with Crippen LogP contribution >= 0.6 is 0 Å². The van der Waals surface area contributed by atoms with E-state index in [0.717, 1.165) is 0 Å². The van der Waals surface area contributed by atoms with E-state index < -0.39 is 5.82 Å². The van der Waals surface area contributed by atoms with Gasteiger partial charge < -0.3 is 10.4 Å². The summed E-state index contributed by atoms with van der Waals surface area (Å²) in [5.74, 6) is -0.704. The maximum Gasteiger partial charge on any atom is 0.276 e. The largest absolute Gasteiger partial charge is 0.395 e. The van der Waals surface area contributed by atoms with Crippen molar-refractivity contribution in [2.24, 2.45) is 0 Å². The maximum absolute atomic E-state index is 14.0. The van der Waals surface area contributed by atoms with Gasteiger partial charge in [0, 0.05) is 24.2 Å². The van der Waals surface area contributed by atoms with Crippen molar-refractivity contribution in [2.75, 3.05) is 13.2 Å². The van der Waals surface area contributed by atoms with Crippen molar-refractivity contribution in [3.63, 3.8) is 0 Å². The smallest absolute Gasteiger partial charge is 0.276 e. The molecule has 0 aliphatic rings. The number of carbonyl (C=O) groups excluding carboxylic acids is 1. The number of hydrogen-bond donors (Lipinski definition) is 3. The van der Waals surface area contributed by atoms with Gasteiger partial charge in [0.15, 0.2) is 5.65 Å². The molecule has 3 aromatic rings. The van der Waals surface area contributed by atoms with E-state index in [9.17, 15) is 14.0 Å². The number of H-pyrrole nitrogens is 1. The number of aromatic nitrogens is 3. The van der Waals surface area contributed by atoms with E-state index in [-0.39, 0.29) is 48.5 Å². The Kier molecular flexibility index (Phi) is 4.30. The minimum atomic E-state index is -0.450. The van der Waals surface area contributed by atoms with E-state index in [1.807, 2.05) is 0 Å².